The largest absolute Gasteiger partial charge is 0.327 e. The molecule has 0 aliphatic carbocycles. The highest BCUT2D eigenvalue weighted by atomic mass is 32.2. The van der Waals surface area contributed by atoms with E-state index in [1.807, 2.05) is 42.7 Å². The molecule has 0 atom stereocenters. The molecule has 22 heavy (non-hydrogen) atoms. The molecule has 0 fully saturated rings. The highest BCUT2D eigenvalue weighted by Crippen LogP contribution is 2.25. The lowest BCUT2D eigenvalue weighted by Gasteiger charge is -2.22. The van der Waals surface area contributed by atoms with E-state index in [2.05, 4.69) is 27.7 Å². The van der Waals surface area contributed by atoms with Crippen LogP contribution in [0.15, 0.2) is 70.2 Å². The van der Waals surface area contributed by atoms with E-state index in [1.54, 1.807) is 11.8 Å². The van der Waals surface area contributed by atoms with Gasteiger partial charge in [-0.3, -0.25) is 4.79 Å². The molecule has 2 heterocycles. The van der Waals surface area contributed by atoms with Crippen LogP contribution < -0.4 is 0 Å². The average molecular weight is 309 g/mol. The van der Waals surface area contributed by atoms with Crippen LogP contribution in [0.25, 0.3) is 0 Å². The molecule has 0 radical (unpaired) electrons. The van der Waals surface area contributed by atoms with E-state index < -0.39 is 0 Å². The Kier molecular flexibility index (Phi) is 4.06. The van der Waals surface area contributed by atoms with Crippen LogP contribution in [0.2, 0.25) is 0 Å². The molecule has 0 N–H and O–H groups in total. The molecule has 0 saturated heterocycles. The minimum atomic E-state index is -0.386. The topological polar surface area (TPSA) is 45.0 Å². The van der Waals surface area contributed by atoms with Gasteiger partial charge in [0.25, 0.3) is 5.91 Å². The number of hydrogen-bond donors (Lipinski definition) is 0. The van der Waals surface area contributed by atoms with Crippen molar-refractivity contribution in [3.63, 3.8) is 0 Å². The predicted octanol–water partition coefficient (Wildman–Crippen LogP) is 3.13. The molecule has 1 aromatic rings. The highest BCUT2D eigenvalue weighted by molar-refractivity contribution is 8.02. The third kappa shape index (κ3) is 2.80. The van der Waals surface area contributed by atoms with Gasteiger partial charge >= 0.3 is 0 Å². The maximum Gasteiger partial charge on any atom is 0.271 e. The number of allylic oxidation sites excluding steroid dienone is 1. The molecule has 0 aromatic heterocycles. The maximum atomic E-state index is 11.6. The van der Waals surface area contributed by atoms with E-state index in [0.29, 0.717) is 12.4 Å². The third-order valence-corrected chi connectivity index (χ3v) is 4.13. The van der Waals surface area contributed by atoms with E-state index in [-0.39, 0.29) is 5.91 Å². The molecule has 110 valence electrons. The first-order valence-electron chi connectivity index (χ1n) is 6.84. The minimum absolute atomic E-state index is 0.386. The summed E-state index contributed by atoms with van der Waals surface area (Å²) in [5, 5.41) is 0. The Morgan fingerprint density at radius 3 is 3.00 bits per heavy atom. The van der Waals surface area contributed by atoms with Crippen LogP contribution in [0.3, 0.4) is 0 Å². The van der Waals surface area contributed by atoms with Crippen molar-refractivity contribution in [2.75, 3.05) is 6.26 Å². The van der Waals surface area contributed by atoms with Crippen molar-refractivity contribution in [1.29, 1.82) is 0 Å². The molecule has 2 aliphatic rings. The number of thioether (sulfide) groups is 1. The summed E-state index contributed by atoms with van der Waals surface area (Å²) in [4.78, 5) is 23.5. The van der Waals surface area contributed by atoms with Gasteiger partial charge in [0.05, 0.1) is 0 Å². The van der Waals surface area contributed by atoms with Crippen molar-refractivity contribution >= 4 is 29.3 Å². The SMILES string of the molecule is C=CC(=O)N=C1N=C2C=CC(SC)=CN2Cc2ccccc21. The second-order valence-corrected chi connectivity index (χ2v) is 5.68. The zero-order valence-electron chi connectivity index (χ0n) is 12.2. The van der Waals surface area contributed by atoms with Crippen molar-refractivity contribution in [2.24, 2.45) is 9.98 Å². The summed E-state index contributed by atoms with van der Waals surface area (Å²) in [6.07, 6.45) is 9.27. The zero-order chi connectivity index (χ0) is 15.5. The number of carbonyl (C=O) groups excluding carboxylic acids is 1. The van der Waals surface area contributed by atoms with Gasteiger partial charge in [0.1, 0.15) is 5.84 Å². The van der Waals surface area contributed by atoms with E-state index in [1.165, 1.54) is 11.0 Å². The molecular weight excluding hydrogens is 294 g/mol. The Labute approximate surface area is 133 Å². The van der Waals surface area contributed by atoms with Gasteiger partial charge in [-0.25, -0.2) is 4.99 Å². The summed E-state index contributed by atoms with van der Waals surface area (Å²) in [6, 6.07) is 7.88. The Bertz CT molecular complexity index is 759. The third-order valence-electron chi connectivity index (χ3n) is 3.42. The van der Waals surface area contributed by atoms with Crippen LogP contribution in [-0.4, -0.2) is 28.7 Å². The lowest BCUT2D eigenvalue weighted by Crippen LogP contribution is -2.25. The van der Waals surface area contributed by atoms with E-state index in [0.717, 1.165) is 17.0 Å². The first kappa shape index (κ1) is 14.5. The molecule has 0 bridgehead atoms. The van der Waals surface area contributed by atoms with Crippen LogP contribution in [-0.2, 0) is 11.3 Å². The van der Waals surface area contributed by atoms with Crippen molar-refractivity contribution in [1.82, 2.24) is 4.90 Å². The van der Waals surface area contributed by atoms with Crippen LogP contribution in [0.5, 0.6) is 0 Å². The van der Waals surface area contributed by atoms with Gasteiger partial charge < -0.3 is 4.90 Å². The Hall–Kier alpha value is -2.40. The van der Waals surface area contributed by atoms with Crippen molar-refractivity contribution in [3.05, 3.63) is 71.3 Å². The predicted molar refractivity (Wildman–Crippen MR) is 91.9 cm³/mol. The number of fused-ring (bicyclic) bond motifs is 2. The average Bonchev–Trinajstić information content (AvgIpc) is 2.70. The molecule has 4 nitrogen and oxygen atoms in total. The standard InChI is InChI=1S/C17H15N3OS/c1-3-16(21)19-17-14-7-5-4-6-12(14)10-20-11-13(22-2)8-9-15(20)18-17/h3-9,11H,1,10H2,2H3. The van der Waals surface area contributed by atoms with Gasteiger partial charge in [0, 0.05) is 23.2 Å². The number of rotatable bonds is 2. The van der Waals surface area contributed by atoms with Gasteiger partial charge in [0.2, 0.25) is 0 Å². The van der Waals surface area contributed by atoms with Crippen LogP contribution in [0.4, 0.5) is 0 Å². The smallest absolute Gasteiger partial charge is 0.271 e. The highest BCUT2D eigenvalue weighted by Gasteiger charge is 2.21. The molecule has 1 amide bonds. The summed E-state index contributed by atoms with van der Waals surface area (Å²) in [5.41, 5.74) is 1.97. The molecule has 0 spiro atoms. The lowest BCUT2D eigenvalue weighted by atomic mass is 10.1. The van der Waals surface area contributed by atoms with Gasteiger partial charge in [-0.05, 0) is 30.0 Å². The van der Waals surface area contributed by atoms with Gasteiger partial charge in [-0.1, -0.05) is 30.8 Å². The fourth-order valence-electron chi connectivity index (χ4n) is 2.33. The van der Waals surface area contributed by atoms with E-state index in [9.17, 15) is 4.79 Å². The zero-order valence-corrected chi connectivity index (χ0v) is 13.0. The molecule has 1 aromatic carbocycles. The van der Waals surface area contributed by atoms with Gasteiger partial charge in [-0.15, -0.1) is 11.8 Å². The molecule has 0 saturated carbocycles. The molecular formula is C17H15N3OS. The monoisotopic (exact) mass is 309 g/mol. The molecule has 2 aliphatic heterocycles. The van der Waals surface area contributed by atoms with Crippen LogP contribution >= 0.6 is 11.8 Å². The Morgan fingerprint density at radius 1 is 1.41 bits per heavy atom. The summed E-state index contributed by atoms with van der Waals surface area (Å²) >= 11 is 1.68. The van der Waals surface area contributed by atoms with Crippen molar-refractivity contribution < 1.29 is 4.79 Å². The Morgan fingerprint density at radius 2 is 2.23 bits per heavy atom. The number of amidine groups is 2. The molecule has 3 rings (SSSR count). The summed E-state index contributed by atoms with van der Waals surface area (Å²) in [7, 11) is 0. The number of hydrogen-bond acceptors (Lipinski definition) is 3. The first-order valence-corrected chi connectivity index (χ1v) is 8.06. The first-order chi connectivity index (χ1) is 10.7. The summed E-state index contributed by atoms with van der Waals surface area (Å²) in [5.74, 6) is 0.830. The minimum Gasteiger partial charge on any atom is -0.327 e. The fourth-order valence-corrected chi connectivity index (χ4v) is 2.76. The van der Waals surface area contributed by atoms with Crippen molar-refractivity contribution in [3.8, 4) is 0 Å². The maximum absolute atomic E-state index is 11.6. The lowest BCUT2D eigenvalue weighted by molar-refractivity contribution is -0.113. The van der Waals surface area contributed by atoms with Crippen LogP contribution in [0.1, 0.15) is 11.1 Å². The summed E-state index contributed by atoms with van der Waals surface area (Å²) in [6.45, 7) is 4.17. The summed E-state index contributed by atoms with van der Waals surface area (Å²) < 4.78 is 0. The second kappa shape index (κ2) is 6.15. The number of amides is 1. The van der Waals surface area contributed by atoms with E-state index in [4.69, 9.17) is 0 Å². The quantitative estimate of drug-likeness (QED) is 0.788. The van der Waals surface area contributed by atoms with Gasteiger partial charge in [-0.2, -0.15) is 4.99 Å². The van der Waals surface area contributed by atoms with Crippen LogP contribution in [0, 0.1) is 0 Å². The van der Waals surface area contributed by atoms with Crippen molar-refractivity contribution in [2.45, 2.75) is 6.54 Å². The molecule has 0 unspecified atom stereocenters. The number of nitrogens with zero attached hydrogens (tertiary/aromatic N) is 3. The normalized spacial score (nSPS) is 18.0. The Balaban J connectivity index is 2.13. The number of carbonyl (C=O) groups is 1. The number of benzene rings is 1. The second-order valence-electron chi connectivity index (χ2n) is 4.80. The van der Waals surface area contributed by atoms with E-state index >= 15 is 0 Å². The van der Waals surface area contributed by atoms with Gasteiger partial charge in [0.15, 0.2) is 5.84 Å². The molecule has 5 heteroatoms. The number of aliphatic imine (C=N–C) groups is 2. The fraction of sp³-hybridized carbons (Fsp3) is 0.118.